The van der Waals surface area contributed by atoms with Crippen molar-refractivity contribution in [3.63, 3.8) is 0 Å². The zero-order valence-electron chi connectivity index (χ0n) is 6.79. The largest absolute Gasteiger partial charge is 0.394 e. The highest BCUT2D eigenvalue weighted by Gasteiger charge is 2.41. The standard InChI is InChI=1S/C7H14O5/c1-3-5(9)7(11)6(10)4(2-8)12-3/h3-11H,2H2,1H3/t3-,4+,5?,6-,7?/m1/s1. The molecule has 1 heterocycles. The molecule has 5 nitrogen and oxygen atoms in total. The van der Waals surface area contributed by atoms with Crippen molar-refractivity contribution in [2.75, 3.05) is 6.61 Å². The Morgan fingerprint density at radius 1 is 1.08 bits per heavy atom. The Morgan fingerprint density at radius 3 is 2.17 bits per heavy atom. The van der Waals surface area contributed by atoms with E-state index in [1.165, 1.54) is 0 Å². The van der Waals surface area contributed by atoms with Gasteiger partial charge in [-0.05, 0) is 6.92 Å². The molecule has 0 aromatic heterocycles. The first-order valence-corrected chi connectivity index (χ1v) is 3.88. The highest BCUT2D eigenvalue weighted by Crippen LogP contribution is 2.20. The molecule has 0 amide bonds. The van der Waals surface area contributed by atoms with Crippen LogP contribution in [0.1, 0.15) is 6.92 Å². The fourth-order valence-electron chi connectivity index (χ4n) is 1.29. The number of rotatable bonds is 1. The maximum absolute atomic E-state index is 9.23. The minimum absolute atomic E-state index is 0.366. The van der Waals surface area contributed by atoms with E-state index in [1.54, 1.807) is 6.92 Å². The summed E-state index contributed by atoms with van der Waals surface area (Å²) in [5.74, 6) is 0. The van der Waals surface area contributed by atoms with Gasteiger partial charge < -0.3 is 25.2 Å². The van der Waals surface area contributed by atoms with Gasteiger partial charge in [-0.15, -0.1) is 0 Å². The van der Waals surface area contributed by atoms with Crippen LogP contribution in [0, 0.1) is 0 Å². The van der Waals surface area contributed by atoms with Crippen molar-refractivity contribution in [1.29, 1.82) is 0 Å². The van der Waals surface area contributed by atoms with Gasteiger partial charge in [0.05, 0.1) is 12.7 Å². The third-order valence-electron chi connectivity index (χ3n) is 2.13. The average Bonchev–Trinajstić information content (AvgIpc) is 2.08. The van der Waals surface area contributed by atoms with Gasteiger partial charge in [0.2, 0.25) is 0 Å². The van der Waals surface area contributed by atoms with Gasteiger partial charge in [-0.2, -0.15) is 0 Å². The normalized spacial score (nSPS) is 49.2. The van der Waals surface area contributed by atoms with Gasteiger partial charge in [0.25, 0.3) is 0 Å². The lowest BCUT2D eigenvalue weighted by Gasteiger charge is -2.38. The first-order chi connectivity index (χ1) is 5.57. The molecule has 5 heteroatoms. The topological polar surface area (TPSA) is 90.2 Å². The number of hydrogen-bond acceptors (Lipinski definition) is 5. The summed E-state index contributed by atoms with van der Waals surface area (Å²) in [4.78, 5) is 0. The second-order valence-corrected chi connectivity index (χ2v) is 3.03. The van der Waals surface area contributed by atoms with Crippen molar-refractivity contribution in [2.24, 2.45) is 0 Å². The van der Waals surface area contributed by atoms with Crippen LogP contribution >= 0.6 is 0 Å². The van der Waals surface area contributed by atoms with Crippen LogP contribution in [0.15, 0.2) is 0 Å². The molecule has 5 atom stereocenters. The molecule has 0 saturated carbocycles. The second-order valence-electron chi connectivity index (χ2n) is 3.03. The Bertz CT molecular complexity index is 146. The number of hydrogen-bond donors (Lipinski definition) is 4. The van der Waals surface area contributed by atoms with Crippen molar-refractivity contribution < 1.29 is 25.2 Å². The molecule has 0 aromatic rings. The first-order valence-electron chi connectivity index (χ1n) is 3.88. The van der Waals surface area contributed by atoms with Crippen LogP contribution < -0.4 is 0 Å². The summed E-state index contributed by atoms with van der Waals surface area (Å²) in [7, 11) is 0. The number of aliphatic hydroxyl groups is 4. The highest BCUT2D eigenvalue weighted by molar-refractivity contribution is 4.89. The zero-order valence-corrected chi connectivity index (χ0v) is 6.79. The maximum Gasteiger partial charge on any atom is 0.111 e. The van der Waals surface area contributed by atoms with Crippen molar-refractivity contribution in [1.82, 2.24) is 0 Å². The van der Waals surface area contributed by atoms with Gasteiger partial charge in [-0.3, -0.25) is 0 Å². The molecule has 1 rings (SSSR count). The SMILES string of the molecule is C[C@H]1O[C@@H](CO)[C@@H](O)C(O)C1O. The van der Waals surface area contributed by atoms with E-state index in [2.05, 4.69) is 0 Å². The summed E-state index contributed by atoms with van der Waals surface area (Å²) in [6.45, 7) is 1.21. The molecule has 0 radical (unpaired) electrons. The third kappa shape index (κ3) is 1.60. The summed E-state index contributed by atoms with van der Waals surface area (Å²) in [5.41, 5.74) is 0. The van der Waals surface area contributed by atoms with Gasteiger partial charge in [0, 0.05) is 0 Å². The van der Waals surface area contributed by atoms with Gasteiger partial charge in [0.1, 0.15) is 24.4 Å². The zero-order chi connectivity index (χ0) is 9.30. The van der Waals surface area contributed by atoms with E-state index in [0.717, 1.165) is 0 Å². The highest BCUT2D eigenvalue weighted by atomic mass is 16.5. The molecular weight excluding hydrogens is 164 g/mol. The Labute approximate surface area is 70.2 Å². The van der Waals surface area contributed by atoms with Gasteiger partial charge in [0.15, 0.2) is 0 Å². The van der Waals surface area contributed by atoms with Crippen LogP contribution in [0.4, 0.5) is 0 Å². The van der Waals surface area contributed by atoms with Crippen LogP contribution in [0.25, 0.3) is 0 Å². The van der Waals surface area contributed by atoms with Crippen LogP contribution in [-0.4, -0.2) is 57.6 Å². The van der Waals surface area contributed by atoms with E-state index >= 15 is 0 Å². The lowest BCUT2D eigenvalue weighted by molar-refractivity contribution is -0.224. The molecule has 2 unspecified atom stereocenters. The molecule has 12 heavy (non-hydrogen) atoms. The molecule has 1 fully saturated rings. The number of ether oxygens (including phenoxy) is 1. The first kappa shape index (κ1) is 9.88. The van der Waals surface area contributed by atoms with Gasteiger partial charge in [-0.1, -0.05) is 0 Å². The monoisotopic (exact) mass is 178 g/mol. The quantitative estimate of drug-likeness (QED) is 0.367. The Kier molecular flexibility index (Phi) is 3.03. The molecule has 1 aliphatic rings. The predicted molar refractivity (Wildman–Crippen MR) is 39.4 cm³/mol. The molecule has 0 spiro atoms. The Balaban J connectivity index is 2.63. The van der Waals surface area contributed by atoms with E-state index < -0.39 is 30.5 Å². The smallest absolute Gasteiger partial charge is 0.111 e. The molecule has 0 aromatic carbocycles. The van der Waals surface area contributed by atoms with Crippen LogP contribution in [0.5, 0.6) is 0 Å². The van der Waals surface area contributed by atoms with Crippen LogP contribution in [0.3, 0.4) is 0 Å². The summed E-state index contributed by atoms with van der Waals surface area (Å²) in [6.07, 6.45) is -4.94. The molecule has 4 N–H and O–H groups in total. The van der Waals surface area contributed by atoms with Gasteiger partial charge >= 0.3 is 0 Å². The van der Waals surface area contributed by atoms with Crippen molar-refractivity contribution >= 4 is 0 Å². The van der Waals surface area contributed by atoms with Crippen molar-refractivity contribution in [2.45, 2.75) is 37.4 Å². The van der Waals surface area contributed by atoms with Crippen LogP contribution in [0.2, 0.25) is 0 Å². The lowest BCUT2D eigenvalue weighted by Crippen LogP contribution is -2.57. The molecule has 0 bridgehead atoms. The van der Waals surface area contributed by atoms with E-state index in [1.807, 2.05) is 0 Å². The Hall–Kier alpha value is -0.200. The van der Waals surface area contributed by atoms with E-state index in [9.17, 15) is 15.3 Å². The maximum atomic E-state index is 9.23. The van der Waals surface area contributed by atoms with Crippen LogP contribution in [-0.2, 0) is 4.74 Å². The van der Waals surface area contributed by atoms with Gasteiger partial charge in [-0.25, -0.2) is 0 Å². The summed E-state index contributed by atoms with van der Waals surface area (Å²) in [6, 6.07) is 0. The molecular formula is C7H14O5. The minimum atomic E-state index is -1.24. The summed E-state index contributed by atoms with van der Waals surface area (Å²) in [5, 5.41) is 36.4. The fourth-order valence-corrected chi connectivity index (χ4v) is 1.29. The van der Waals surface area contributed by atoms with E-state index in [-0.39, 0.29) is 6.61 Å². The van der Waals surface area contributed by atoms with Crippen molar-refractivity contribution in [3.8, 4) is 0 Å². The predicted octanol–water partition coefficient (Wildman–Crippen LogP) is -2.15. The Morgan fingerprint density at radius 2 is 1.67 bits per heavy atom. The summed E-state index contributed by atoms with van der Waals surface area (Å²) >= 11 is 0. The molecule has 1 saturated heterocycles. The summed E-state index contributed by atoms with van der Waals surface area (Å²) < 4.78 is 5.02. The molecule has 0 aliphatic carbocycles. The van der Waals surface area contributed by atoms with E-state index in [4.69, 9.17) is 9.84 Å². The third-order valence-corrected chi connectivity index (χ3v) is 2.13. The number of aliphatic hydroxyl groups excluding tert-OH is 4. The second kappa shape index (κ2) is 3.68. The fraction of sp³-hybridized carbons (Fsp3) is 1.00. The molecule has 1 aliphatic heterocycles. The average molecular weight is 178 g/mol. The molecule has 72 valence electrons. The lowest BCUT2D eigenvalue weighted by atomic mass is 9.96. The minimum Gasteiger partial charge on any atom is -0.394 e. The van der Waals surface area contributed by atoms with E-state index in [0.29, 0.717) is 0 Å². The van der Waals surface area contributed by atoms with Crippen molar-refractivity contribution in [3.05, 3.63) is 0 Å².